The van der Waals surface area contributed by atoms with Gasteiger partial charge in [0.2, 0.25) is 5.91 Å². The van der Waals surface area contributed by atoms with Gasteiger partial charge in [0.15, 0.2) is 23.2 Å². The van der Waals surface area contributed by atoms with Crippen molar-refractivity contribution in [2.45, 2.75) is 76.2 Å². The first-order valence-corrected chi connectivity index (χ1v) is 13.0. The van der Waals surface area contributed by atoms with Crippen LogP contribution in [0.3, 0.4) is 0 Å². The van der Waals surface area contributed by atoms with Crippen LogP contribution in [-0.4, -0.2) is 75.0 Å². The first kappa shape index (κ1) is 29.9. The Morgan fingerprint density at radius 1 is 1.03 bits per heavy atom. The molecular weight excluding hydrogens is 532 g/mol. The Morgan fingerprint density at radius 2 is 1.72 bits per heavy atom. The fraction of sp³-hybridized carbons (Fsp3) is 0.520. The van der Waals surface area contributed by atoms with Gasteiger partial charge in [-0.25, -0.2) is 0 Å². The second-order valence-corrected chi connectivity index (χ2v) is 9.97. The minimum absolute atomic E-state index is 0.147. The number of aryl methyl sites for hydroxylation is 1. The van der Waals surface area contributed by atoms with Gasteiger partial charge in [-0.2, -0.15) is 0 Å². The van der Waals surface area contributed by atoms with Crippen molar-refractivity contribution in [3.63, 3.8) is 0 Å². The predicted molar refractivity (Wildman–Crippen MR) is 136 cm³/mol. The van der Waals surface area contributed by atoms with Crippen LogP contribution in [0, 0.1) is 6.92 Å². The number of nitrogens with zero attached hydrogens (tertiary/aromatic N) is 3. The van der Waals surface area contributed by atoms with Crippen molar-refractivity contribution in [2.24, 2.45) is 7.05 Å². The van der Waals surface area contributed by atoms with E-state index in [2.05, 4.69) is 15.5 Å². The van der Waals surface area contributed by atoms with E-state index in [1.54, 1.807) is 11.6 Å². The highest BCUT2D eigenvalue weighted by Gasteiger charge is 2.51. The smallest absolute Gasteiger partial charge is 0.303 e. The van der Waals surface area contributed by atoms with Crippen molar-refractivity contribution in [1.82, 2.24) is 20.1 Å². The van der Waals surface area contributed by atoms with Crippen LogP contribution in [0.5, 0.6) is 5.75 Å². The number of ether oxygens (including phenoxy) is 5. The van der Waals surface area contributed by atoms with E-state index in [0.717, 1.165) is 17.3 Å². The van der Waals surface area contributed by atoms with Gasteiger partial charge in [0, 0.05) is 34.7 Å². The van der Waals surface area contributed by atoms with Crippen LogP contribution >= 0.6 is 11.8 Å². The highest BCUT2D eigenvalue weighted by atomic mass is 32.2. The number of hydrogen-bond acceptors (Lipinski definition) is 12. The number of carbonyl (C=O) groups is 4. The molecule has 1 N–H and O–H groups in total. The number of carbonyl (C=O) groups excluding carboxylic acids is 4. The minimum atomic E-state index is -1.17. The zero-order valence-corrected chi connectivity index (χ0v) is 23.4. The van der Waals surface area contributed by atoms with Gasteiger partial charge in [-0.15, -0.1) is 10.2 Å². The van der Waals surface area contributed by atoms with Gasteiger partial charge in [-0.3, -0.25) is 19.2 Å². The molecule has 1 aliphatic heterocycles. The maximum absolute atomic E-state index is 12.1. The molecule has 0 radical (unpaired) electrons. The highest BCUT2D eigenvalue weighted by molar-refractivity contribution is 7.99. The lowest BCUT2D eigenvalue weighted by atomic mass is 9.97. The van der Waals surface area contributed by atoms with Gasteiger partial charge in [0.1, 0.15) is 36.5 Å². The molecule has 0 spiro atoms. The molecule has 3 rings (SSSR count). The molecule has 1 saturated heterocycles. The summed E-state index contributed by atoms with van der Waals surface area (Å²) in [7, 11) is 1.75. The summed E-state index contributed by atoms with van der Waals surface area (Å²) in [5, 5.41) is 11.6. The molecule has 0 bridgehead atoms. The van der Waals surface area contributed by atoms with Gasteiger partial charge in [0.05, 0.1) is 0 Å². The molecule has 0 unspecified atom stereocenters. The molecule has 13 nitrogen and oxygen atoms in total. The second-order valence-electron chi connectivity index (χ2n) is 8.90. The monoisotopic (exact) mass is 564 g/mol. The van der Waals surface area contributed by atoms with Gasteiger partial charge in [-0.1, -0.05) is 23.9 Å². The third-order valence-electron chi connectivity index (χ3n) is 5.58. The molecule has 1 aromatic heterocycles. The van der Waals surface area contributed by atoms with Crippen molar-refractivity contribution in [3.8, 4) is 5.75 Å². The Kier molecular flexibility index (Phi) is 10.3. The number of rotatable bonds is 10. The van der Waals surface area contributed by atoms with E-state index in [4.69, 9.17) is 23.7 Å². The van der Waals surface area contributed by atoms with Crippen LogP contribution in [0.4, 0.5) is 0 Å². The SMILES string of the molecule is CC(=O)N[C@H]1[C@@H](OC(C)=O)[C@@H](OC(C)=O)[C@@H](COC(C)=O)O[C@H]1Sc1nnc(COc2cccc(C)c2)n1C. The lowest BCUT2D eigenvalue weighted by molar-refractivity contribution is -0.211. The number of benzene rings is 1. The summed E-state index contributed by atoms with van der Waals surface area (Å²) in [4.78, 5) is 47.6. The third kappa shape index (κ3) is 8.42. The second kappa shape index (κ2) is 13.4. The Labute approximate surface area is 229 Å². The number of aromatic nitrogens is 3. The van der Waals surface area contributed by atoms with Crippen molar-refractivity contribution in [2.75, 3.05) is 6.61 Å². The van der Waals surface area contributed by atoms with E-state index in [0.29, 0.717) is 16.7 Å². The third-order valence-corrected chi connectivity index (χ3v) is 6.78. The summed E-state index contributed by atoms with van der Waals surface area (Å²) >= 11 is 1.10. The van der Waals surface area contributed by atoms with Gasteiger partial charge < -0.3 is 33.6 Å². The minimum Gasteiger partial charge on any atom is -0.486 e. The standard InChI is InChI=1S/C25H32N4O9S/c1-13-8-7-9-18(10-13)35-12-20-27-28-25(29(20)6)39-24-21(26-14(2)30)23(37-17(5)33)22(36-16(4)32)19(38-24)11-34-15(3)31/h7-10,19,21-24H,11-12H2,1-6H3,(H,26,30)/t19-,21+,22+,23-,24+/m1/s1. The lowest BCUT2D eigenvalue weighted by Crippen LogP contribution is -2.65. The van der Waals surface area contributed by atoms with Crippen LogP contribution in [-0.2, 0) is 51.8 Å². The molecule has 1 aliphatic rings. The fourth-order valence-corrected chi connectivity index (χ4v) is 5.05. The Bertz CT molecular complexity index is 1200. The van der Waals surface area contributed by atoms with E-state index >= 15 is 0 Å². The summed E-state index contributed by atoms with van der Waals surface area (Å²) < 4.78 is 29.8. The average molecular weight is 565 g/mol. The number of thioether (sulfide) groups is 1. The maximum Gasteiger partial charge on any atom is 0.303 e. The first-order chi connectivity index (χ1) is 18.4. The van der Waals surface area contributed by atoms with Crippen molar-refractivity contribution < 1.29 is 42.9 Å². The Hall–Kier alpha value is -3.65. The maximum atomic E-state index is 12.1. The zero-order valence-electron chi connectivity index (χ0n) is 22.5. The molecule has 39 heavy (non-hydrogen) atoms. The van der Waals surface area contributed by atoms with Gasteiger partial charge in [-0.05, 0) is 24.6 Å². The molecule has 2 heterocycles. The number of nitrogens with one attached hydrogen (secondary N) is 1. The molecule has 1 aromatic carbocycles. The average Bonchev–Trinajstić information content (AvgIpc) is 3.18. The molecule has 212 valence electrons. The summed E-state index contributed by atoms with van der Waals surface area (Å²) in [6.45, 7) is 6.71. The van der Waals surface area contributed by atoms with Crippen LogP contribution in [0.2, 0.25) is 0 Å². The molecule has 2 aromatic rings. The molecule has 1 amide bonds. The predicted octanol–water partition coefficient (Wildman–Crippen LogP) is 1.45. The molecule has 5 atom stereocenters. The van der Waals surface area contributed by atoms with Crippen LogP contribution in [0.1, 0.15) is 39.1 Å². The lowest BCUT2D eigenvalue weighted by Gasteiger charge is -2.44. The fourth-order valence-electron chi connectivity index (χ4n) is 3.92. The summed E-state index contributed by atoms with van der Waals surface area (Å²) in [5.74, 6) is -1.15. The molecule has 0 aliphatic carbocycles. The summed E-state index contributed by atoms with van der Waals surface area (Å²) in [6.07, 6.45) is -3.33. The molecule has 1 fully saturated rings. The summed E-state index contributed by atoms with van der Waals surface area (Å²) in [6, 6.07) is 6.63. The van der Waals surface area contributed by atoms with E-state index < -0.39 is 53.6 Å². The van der Waals surface area contributed by atoms with Gasteiger partial charge in [0.25, 0.3) is 0 Å². The highest BCUT2D eigenvalue weighted by Crippen LogP contribution is 2.35. The largest absolute Gasteiger partial charge is 0.486 e. The van der Waals surface area contributed by atoms with Crippen LogP contribution in [0.15, 0.2) is 29.4 Å². The normalized spacial score (nSPS) is 22.5. The zero-order chi connectivity index (χ0) is 28.7. The quantitative estimate of drug-likeness (QED) is 0.328. The van der Waals surface area contributed by atoms with E-state index in [1.165, 1.54) is 27.7 Å². The molecule has 0 saturated carbocycles. The topological polar surface area (TPSA) is 157 Å². The number of amides is 1. The van der Waals surface area contributed by atoms with Crippen molar-refractivity contribution >= 4 is 35.6 Å². The van der Waals surface area contributed by atoms with Crippen molar-refractivity contribution in [3.05, 3.63) is 35.7 Å². The van der Waals surface area contributed by atoms with Gasteiger partial charge >= 0.3 is 17.9 Å². The number of esters is 3. The van der Waals surface area contributed by atoms with Crippen molar-refractivity contribution in [1.29, 1.82) is 0 Å². The molecular formula is C25H32N4O9S. The van der Waals surface area contributed by atoms with Crippen LogP contribution in [0.25, 0.3) is 0 Å². The van der Waals surface area contributed by atoms with E-state index in [9.17, 15) is 19.2 Å². The molecule has 14 heteroatoms. The van der Waals surface area contributed by atoms with Crippen LogP contribution < -0.4 is 10.1 Å². The Morgan fingerprint density at radius 3 is 2.33 bits per heavy atom. The first-order valence-electron chi connectivity index (χ1n) is 12.1. The number of hydrogen-bond donors (Lipinski definition) is 1. The Balaban J connectivity index is 1.89. The van der Waals surface area contributed by atoms with E-state index in [-0.39, 0.29) is 13.2 Å². The van der Waals surface area contributed by atoms with E-state index in [1.807, 2.05) is 31.2 Å². The summed E-state index contributed by atoms with van der Waals surface area (Å²) in [5.41, 5.74) is 0.150.